The van der Waals surface area contributed by atoms with Gasteiger partial charge in [-0.3, -0.25) is 4.79 Å². The van der Waals surface area contributed by atoms with Crippen molar-refractivity contribution in [2.75, 3.05) is 62.2 Å². The molecule has 184 valence electrons. The van der Waals surface area contributed by atoms with Crippen molar-refractivity contribution in [3.63, 3.8) is 0 Å². The zero-order valence-electron chi connectivity index (χ0n) is 20.9. The summed E-state index contributed by atoms with van der Waals surface area (Å²) in [5, 5.41) is 4.60. The average molecular weight is 473 g/mol. The van der Waals surface area contributed by atoms with Gasteiger partial charge in [0.1, 0.15) is 0 Å². The second kappa shape index (κ2) is 9.19. The normalized spacial score (nSPS) is 21.7. The highest BCUT2D eigenvalue weighted by atomic mass is 16.2. The minimum Gasteiger partial charge on any atom is -0.369 e. The first-order valence-corrected chi connectivity index (χ1v) is 13.2. The van der Waals surface area contributed by atoms with Crippen LogP contribution in [0.3, 0.4) is 0 Å². The first kappa shape index (κ1) is 22.4. The monoisotopic (exact) mass is 472 g/mol. The summed E-state index contributed by atoms with van der Waals surface area (Å²) in [6.07, 6.45) is 6.16. The largest absolute Gasteiger partial charge is 0.369 e. The third kappa shape index (κ3) is 4.38. The molecule has 0 bridgehead atoms. The van der Waals surface area contributed by atoms with Crippen molar-refractivity contribution in [2.45, 2.75) is 32.7 Å². The average Bonchev–Trinajstić information content (AvgIpc) is 3.66. The van der Waals surface area contributed by atoms with Crippen molar-refractivity contribution >= 4 is 22.8 Å². The number of hydrogen-bond donors (Lipinski definition) is 0. The third-order valence-corrected chi connectivity index (χ3v) is 8.05. The van der Waals surface area contributed by atoms with Crippen molar-refractivity contribution in [1.29, 1.82) is 0 Å². The molecule has 2 aromatic heterocycles. The van der Waals surface area contributed by atoms with Crippen LogP contribution in [0.5, 0.6) is 0 Å². The van der Waals surface area contributed by atoms with E-state index in [1.54, 1.807) is 0 Å². The Kier molecular flexibility index (Phi) is 5.88. The van der Waals surface area contributed by atoms with Gasteiger partial charge in [-0.05, 0) is 56.1 Å². The Balaban J connectivity index is 1.20. The van der Waals surface area contributed by atoms with Crippen LogP contribution in [0.25, 0.3) is 16.6 Å². The highest BCUT2D eigenvalue weighted by Crippen LogP contribution is 2.34. The number of piperazine rings is 2. The zero-order valence-corrected chi connectivity index (χ0v) is 20.9. The molecule has 0 spiro atoms. The molecule has 1 saturated carbocycles. The Hall–Kier alpha value is -3.06. The summed E-state index contributed by atoms with van der Waals surface area (Å²) in [6, 6.07) is 13.6. The van der Waals surface area contributed by atoms with E-state index in [-0.39, 0.29) is 6.04 Å². The second-order valence-corrected chi connectivity index (χ2v) is 10.3. The van der Waals surface area contributed by atoms with Crippen molar-refractivity contribution in [3.8, 4) is 11.1 Å². The van der Waals surface area contributed by atoms with Crippen LogP contribution < -0.4 is 9.80 Å². The number of anilines is 2. The SMILES string of the molecule is CCN1CCN(c2ccc(-c3cc4c(N5CCN(C(=O)C6CC6)C[C@@H]5C)ccnn4c3)cc2)CC1. The second-order valence-electron chi connectivity index (χ2n) is 10.3. The fourth-order valence-corrected chi connectivity index (χ4v) is 5.69. The zero-order chi connectivity index (χ0) is 23.9. The lowest BCUT2D eigenvalue weighted by Gasteiger charge is -2.41. The smallest absolute Gasteiger partial charge is 0.225 e. The molecule has 1 aliphatic carbocycles. The maximum Gasteiger partial charge on any atom is 0.225 e. The first-order chi connectivity index (χ1) is 17.1. The van der Waals surface area contributed by atoms with Gasteiger partial charge in [0.2, 0.25) is 5.91 Å². The maximum absolute atomic E-state index is 12.6. The number of hydrogen-bond acceptors (Lipinski definition) is 5. The van der Waals surface area contributed by atoms with Crippen LogP contribution in [0, 0.1) is 5.92 Å². The number of rotatable bonds is 5. The molecule has 7 heteroatoms. The first-order valence-electron chi connectivity index (χ1n) is 13.2. The van der Waals surface area contributed by atoms with E-state index in [4.69, 9.17) is 0 Å². The predicted octanol–water partition coefficient (Wildman–Crippen LogP) is 3.59. The minimum atomic E-state index is 0.281. The summed E-state index contributed by atoms with van der Waals surface area (Å²) >= 11 is 0. The fraction of sp³-hybridized carbons (Fsp3) is 0.500. The fourth-order valence-electron chi connectivity index (χ4n) is 5.69. The number of nitrogens with zero attached hydrogens (tertiary/aromatic N) is 6. The Bertz CT molecular complexity index is 1190. The molecule has 0 unspecified atom stereocenters. The third-order valence-electron chi connectivity index (χ3n) is 8.05. The number of aromatic nitrogens is 2. The lowest BCUT2D eigenvalue weighted by molar-refractivity contribution is -0.133. The molecule has 7 nitrogen and oxygen atoms in total. The van der Waals surface area contributed by atoms with Crippen molar-refractivity contribution in [3.05, 3.63) is 48.8 Å². The van der Waals surface area contributed by atoms with Gasteiger partial charge in [0.25, 0.3) is 0 Å². The van der Waals surface area contributed by atoms with E-state index in [1.807, 2.05) is 10.7 Å². The van der Waals surface area contributed by atoms with Gasteiger partial charge in [-0.2, -0.15) is 5.10 Å². The van der Waals surface area contributed by atoms with Crippen LogP contribution in [0.2, 0.25) is 0 Å². The van der Waals surface area contributed by atoms with E-state index in [0.29, 0.717) is 11.8 Å². The van der Waals surface area contributed by atoms with Gasteiger partial charge < -0.3 is 19.6 Å². The van der Waals surface area contributed by atoms with E-state index in [2.05, 4.69) is 81.1 Å². The molecule has 2 saturated heterocycles. The topological polar surface area (TPSA) is 47.3 Å². The Morgan fingerprint density at radius 3 is 2.43 bits per heavy atom. The van der Waals surface area contributed by atoms with Crippen LogP contribution in [0.4, 0.5) is 11.4 Å². The van der Waals surface area contributed by atoms with Gasteiger partial charge in [-0.1, -0.05) is 19.1 Å². The number of likely N-dealkylation sites (N-methyl/N-ethyl adjacent to an activating group) is 1. The summed E-state index contributed by atoms with van der Waals surface area (Å²) in [5.41, 5.74) is 6.02. The van der Waals surface area contributed by atoms with E-state index in [0.717, 1.165) is 70.7 Å². The molecule has 35 heavy (non-hydrogen) atoms. The van der Waals surface area contributed by atoms with Gasteiger partial charge in [0, 0.05) is 81.4 Å². The van der Waals surface area contributed by atoms with Crippen LogP contribution in [0.1, 0.15) is 26.7 Å². The van der Waals surface area contributed by atoms with Gasteiger partial charge in [-0.25, -0.2) is 4.52 Å². The lowest BCUT2D eigenvalue weighted by atomic mass is 10.1. The summed E-state index contributed by atoms with van der Waals surface area (Å²) in [5.74, 6) is 0.652. The van der Waals surface area contributed by atoms with Crippen LogP contribution in [-0.4, -0.2) is 83.7 Å². The summed E-state index contributed by atoms with van der Waals surface area (Å²) < 4.78 is 2.00. The maximum atomic E-state index is 12.6. The van der Waals surface area contributed by atoms with Crippen molar-refractivity contribution in [2.24, 2.45) is 5.92 Å². The van der Waals surface area contributed by atoms with Gasteiger partial charge in [0.05, 0.1) is 11.2 Å². The number of amides is 1. The molecular weight excluding hydrogens is 436 g/mol. The number of benzene rings is 1. The van der Waals surface area contributed by atoms with E-state index < -0.39 is 0 Å². The van der Waals surface area contributed by atoms with Crippen molar-refractivity contribution < 1.29 is 4.79 Å². The van der Waals surface area contributed by atoms with Gasteiger partial charge >= 0.3 is 0 Å². The highest BCUT2D eigenvalue weighted by molar-refractivity contribution is 5.83. The molecule has 1 amide bonds. The van der Waals surface area contributed by atoms with Gasteiger partial charge in [-0.15, -0.1) is 0 Å². The molecule has 0 N–H and O–H groups in total. The molecule has 2 aliphatic heterocycles. The Morgan fingerprint density at radius 1 is 0.971 bits per heavy atom. The van der Waals surface area contributed by atoms with E-state index in [9.17, 15) is 4.79 Å². The summed E-state index contributed by atoms with van der Waals surface area (Å²) in [6.45, 7) is 12.5. The molecule has 6 rings (SSSR count). The van der Waals surface area contributed by atoms with Crippen LogP contribution in [-0.2, 0) is 4.79 Å². The quantitative estimate of drug-likeness (QED) is 0.568. The summed E-state index contributed by atoms with van der Waals surface area (Å²) in [7, 11) is 0. The summed E-state index contributed by atoms with van der Waals surface area (Å²) in [4.78, 5) is 22.1. The van der Waals surface area contributed by atoms with Gasteiger partial charge in [0.15, 0.2) is 0 Å². The molecule has 4 heterocycles. The molecule has 3 aliphatic rings. The number of carbonyl (C=O) groups excluding carboxylic acids is 1. The lowest BCUT2D eigenvalue weighted by Crippen LogP contribution is -2.54. The standard InChI is InChI=1S/C28H36N6O/c1-3-30-12-14-31(15-13-30)25-8-6-22(7-9-25)24-18-27-26(10-11-29-34(27)20-24)33-17-16-32(19-21(33)2)28(35)23-4-5-23/h6-11,18,20-21,23H,3-5,12-17,19H2,1-2H3/t21-/m0/s1. The van der Waals surface area contributed by atoms with E-state index >= 15 is 0 Å². The van der Waals surface area contributed by atoms with E-state index in [1.165, 1.54) is 22.5 Å². The number of fused-ring (bicyclic) bond motifs is 1. The molecule has 3 aromatic rings. The number of carbonyl (C=O) groups is 1. The predicted molar refractivity (Wildman–Crippen MR) is 141 cm³/mol. The Labute approximate surface area is 207 Å². The minimum absolute atomic E-state index is 0.281. The molecule has 1 aromatic carbocycles. The van der Waals surface area contributed by atoms with Crippen LogP contribution >= 0.6 is 0 Å². The Morgan fingerprint density at radius 2 is 1.74 bits per heavy atom. The molecule has 3 fully saturated rings. The highest BCUT2D eigenvalue weighted by Gasteiger charge is 2.36. The van der Waals surface area contributed by atoms with Crippen LogP contribution in [0.15, 0.2) is 48.8 Å². The molecule has 0 radical (unpaired) electrons. The molecule has 1 atom stereocenters. The van der Waals surface area contributed by atoms with Crippen molar-refractivity contribution in [1.82, 2.24) is 19.4 Å². The molecular formula is C28H36N6O.